The Balaban J connectivity index is 1.97. The molecule has 1 unspecified atom stereocenters. The third-order valence-electron chi connectivity index (χ3n) is 4.33. The predicted molar refractivity (Wildman–Crippen MR) is 109 cm³/mol. The Labute approximate surface area is 170 Å². The Kier molecular flexibility index (Phi) is 7.77. The summed E-state index contributed by atoms with van der Waals surface area (Å²) in [4.78, 5) is 36.0. The SMILES string of the molecule is CCOc1ccc(C(=O)NC(C(=O)NCc2ccc(C(=O)O)cc2)C(C)C)cc1. The molecule has 2 amide bonds. The number of carboxylic acids is 1. The average Bonchev–Trinajstić information content (AvgIpc) is 2.71. The highest BCUT2D eigenvalue weighted by atomic mass is 16.5. The van der Waals surface area contributed by atoms with Gasteiger partial charge in [-0.1, -0.05) is 26.0 Å². The summed E-state index contributed by atoms with van der Waals surface area (Å²) in [6, 6.07) is 12.3. The van der Waals surface area contributed by atoms with Gasteiger partial charge in [-0.2, -0.15) is 0 Å². The van der Waals surface area contributed by atoms with Gasteiger partial charge < -0.3 is 20.5 Å². The van der Waals surface area contributed by atoms with E-state index >= 15 is 0 Å². The molecule has 1 atom stereocenters. The smallest absolute Gasteiger partial charge is 0.335 e. The van der Waals surface area contributed by atoms with Gasteiger partial charge in [0.1, 0.15) is 11.8 Å². The molecule has 7 nitrogen and oxygen atoms in total. The van der Waals surface area contributed by atoms with Crippen molar-refractivity contribution in [2.24, 2.45) is 5.92 Å². The Bertz CT molecular complexity index is 845. The van der Waals surface area contributed by atoms with E-state index in [0.29, 0.717) is 17.9 Å². The van der Waals surface area contributed by atoms with Crippen LogP contribution in [-0.4, -0.2) is 35.5 Å². The van der Waals surface area contributed by atoms with E-state index in [1.54, 1.807) is 36.4 Å². The van der Waals surface area contributed by atoms with Gasteiger partial charge in [-0.15, -0.1) is 0 Å². The first-order valence-electron chi connectivity index (χ1n) is 9.45. The molecule has 0 aliphatic heterocycles. The molecule has 2 aromatic rings. The number of amides is 2. The van der Waals surface area contributed by atoms with E-state index in [1.165, 1.54) is 12.1 Å². The fourth-order valence-electron chi connectivity index (χ4n) is 2.69. The fraction of sp³-hybridized carbons (Fsp3) is 0.318. The van der Waals surface area contributed by atoms with Crippen molar-refractivity contribution in [3.05, 3.63) is 65.2 Å². The van der Waals surface area contributed by atoms with Gasteiger partial charge in [0.25, 0.3) is 5.91 Å². The second kappa shape index (κ2) is 10.3. The summed E-state index contributed by atoms with van der Waals surface area (Å²) in [6.07, 6.45) is 0. The number of aromatic carboxylic acids is 1. The minimum absolute atomic E-state index is 0.115. The van der Waals surface area contributed by atoms with Crippen molar-refractivity contribution in [2.75, 3.05) is 6.61 Å². The molecular weight excluding hydrogens is 372 g/mol. The first-order chi connectivity index (χ1) is 13.8. The molecular formula is C22H26N2O5. The van der Waals surface area contributed by atoms with Crippen molar-refractivity contribution in [1.29, 1.82) is 0 Å². The zero-order chi connectivity index (χ0) is 21.4. The van der Waals surface area contributed by atoms with Gasteiger partial charge in [0.15, 0.2) is 0 Å². The maximum Gasteiger partial charge on any atom is 0.335 e. The Hall–Kier alpha value is -3.35. The minimum atomic E-state index is -1.00. The lowest BCUT2D eigenvalue weighted by Crippen LogP contribution is -2.49. The molecule has 0 saturated heterocycles. The monoisotopic (exact) mass is 398 g/mol. The van der Waals surface area contributed by atoms with Crippen molar-refractivity contribution in [3.63, 3.8) is 0 Å². The summed E-state index contributed by atoms with van der Waals surface area (Å²) in [7, 11) is 0. The number of rotatable bonds is 9. The van der Waals surface area contributed by atoms with Crippen LogP contribution in [0.15, 0.2) is 48.5 Å². The van der Waals surface area contributed by atoms with Gasteiger partial charge in [0, 0.05) is 12.1 Å². The van der Waals surface area contributed by atoms with E-state index in [4.69, 9.17) is 9.84 Å². The molecule has 2 rings (SSSR count). The summed E-state index contributed by atoms with van der Waals surface area (Å²) < 4.78 is 5.36. The third kappa shape index (κ3) is 6.34. The molecule has 7 heteroatoms. The van der Waals surface area contributed by atoms with Crippen molar-refractivity contribution in [3.8, 4) is 5.75 Å². The topological polar surface area (TPSA) is 105 Å². The van der Waals surface area contributed by atoms with Gasteiger partial charge in [-0.25, -0.2) is 4.79 Å². The highest BCUT2D eigenvalue weighted by Crippen LogP contribution is 2.13. The van der Waals surface area contributed by atoms with Crippen LogP contribution in [-0.2, 0) is 11.3 Å². The zero-order valence-electron chi connectivity index (χ0n) is 16.8. The zero-order valence-corrected chi connectivity index (χ0v) is 16.8. The second-order valence-electron chi connectivity index (χ2n) is 6.87. The van der Waals surface area contributed by atoms with E-state index in [1.807, 2.05) is 20.8 Å². The van der Waals surface area contributed by atoms with Crippen molar-refractivity contribution < 1.29 is 24.2 Å². The molecule has 3 N–H and O–H groups in total. The van der Waals surface area contributed by atoms with Crippen molar-refractivity contribution >= 4 is 17.8 Å². The first-order valence-corrected chi connectivity index (χ1v) is 9.45. The van der Waals surface area contributed by atoms with Crippen LogP contribution in [0.5, 0.6) is 5.75 Å². The largest absolute Gasteiger partial charge is 0.494 e. The number of carboxylic acid groups (broad SMARTS) is 1. The van der Waals surface area contributed by atoms with Gasteiger partial charge in [0.05, 0.1) is 12.2 Å². The van der Waals surface area contributed by atoms with Gasteiger partial charge in [0.2, 0.25) is 5.91 Å². The minimum Gasteiger partial charge on any atom is -0.494 e. The summed E-state index contributed by atoms with van der Waals surface area (Å²) in [5, 5.41) is 14.5. The van der Waals surface area contributed by atoms with Crippen LogP contribution in [0.25, 0.3) is 0 Å². The molecule has 0 radical (unpaired) electrons. The number of carbonyl (C=O) groups is 3. The predicted octanol–water partition coefficient (Wildman–Crippen LogP) is 2.85. The Morgan fingerprint density at radius 1 is 0.966 bits per heavy atom. The molecule has 0 heterocycles. The maximum atomic E-state index is 12.6. The summed E-state index contributed by atoms with van der Waals surface area (Å²) in [5.41, 5.74) is 1.39. The Morgan fingerprint density at radius 3 is 2.07 bits per heavy atom. The number of hydrogen-bond acceptors (Lipinski definition) is 4. The molecule has 0 saturated carbocycles. The van der Waals surface area contributed by atoms with Crippen LogP contribution in [0.2, 0.25) is 0 Å². The van der Waals surface area contributed by atoms with Gasteiger partial charge in [-0.3, -0.25) is 9.59 Å². The number of nitrogens with one attached hydrogen (secondary N) is 2. The van der Waals surface area contributed by atoms with E-state index in [0.717, 1.165) is 5.56 Å². The van der Waals surface area contributed by atoms with E-state index in [2.05, 4.69) is 10.6 Å². The molecule has 2 aromatic carbocycles. The van der Waals surface area contributed by atoms with Crippen LogP contribution in [0.1, 0.15) is 47.1 Å². The molecule has 0 aliphatic carbocycles. The van der Waals surface area contributed by atoms with Crippen LogP contribution < -0.4 is 15.4 Å². The highest BCUT2D eigenvalue weighted by molar-refractivity contribution is 5.97. The molecule has 0 fully saturated rings. The van der Waals surface area contributed by atoms with E-state index in [9.17, 15) is 14.4 Å². The summed E-state index contributed by atoms with van der Waals surface area (Å²) in [6.45, 7) is 6.36. The molecule has 0 aliphatic rings. The molecule has 0 spiro atoms. The summed E-state index contributed by atoms with van der Waals surface area (Å²) >= 11 is 0. The highest BCUT2D eigenvalue weighted by Gasteiger charge is 2.24. The van der Waals surface area contributed by atoms with Gasteiger partial charge in [-0.05, 0) is 54.8 Å². The molecule has 154 valence electrons. The number of hydrogen-bond donors (Lipinski definition) is 3. The van der Waals surface area contributed by atoms with Crippen molar-refractivity contribution in [2.45, 2.75) is 33.4 Å². The molecule has 0 aromatic heterocycles. The third-order valence-corrected chi connectivity index (χ3v) is 4.33. The average molecular weight is 398 g/mol. The van der Waals surface area contributed by atoms with Crippen molar-refractivity contribution in [1.82, 2.24) is 10.6 Å². The standard InChI is InChI=1S/C22H26N2O5/c1-4-29-18-11-9-16(10-12-18)20(25)24-19(14(2)3)21(26)23-13-15-5-7-17(8-6-15)22(27)28/h5-12,14,19H,4,13H2,1-3H3,(H,23,26)(H,24,25)(H,27,28). The fourth-order valence-corrected chi connectivity index (χ4v) is 2.69. The van der Waals surface area contributed by atoms with Crippen LogP contribution >= 0.6 is 0 Å². The normalized spacial score (nSPS) is 11.6. The number of benzene rings is 2. The van der Waals surface area contributed by atoms with Crippen LogP contribution in [0.3, 0.4) is 0 Å². The lowest BCUT2D eigenvalue weighted by molar-refractivity contribution is -0.124. The Morgan fingerprint density at radius 2 is 1.55 bits per heavy atom. The lowest BCUT2D eigenvalue weighted by Gasteiger charge is -2.22. The van der Waals surface area contributed by atoms with E-state index in [-0.39, 0.29) is 29.8 Å². The maximum absolute atomic E-state index is 12.6. The van der Waals surface area contributed by atoms with E-state index < -0.39 is 12.0 Å². The lowest BCUT2D eigenvalue weighted by atomic mass is 10.0. The summed E-state index contributed by atoms with van der Waals surface area (Å²) in [5.74, 6) is -1.08. The second-order valence-corrected chi connectivity index (χ2v) is 6.87. The van der Waals surface area contributed by atoms with Crippen LogP contribution in [0, 0.1) is 5.92 Å². The first kappa shape index (κ1) is 21.9. The molecule has 0 bridgehead atoms. The van der Waals surface area contributed by atoms with Gasteiger partial charge >= 0.3 is 5.97 Å². The number of carbonyl (C=O) groups excluding carboxylic acids is 2. The number of ether oxygens (including phenoxy) is 1. The van der Waals surface area contributed by atoms with Crippen LogP contribution in [0.4, 0.5) is 0 Å². The molecule has 29 heavy (non-hydrogen) atoms. The quantitative estimate of drug-likeness (QED) is 0.602.